The molecule has 1 aliphatic rings. The zero-order chi connectivity index (χ0) is 20.8. The van der Waals surface area contributed by atoms with Crippen LogP contribution >= 0.6 is 11.3 Å². The number of benzene rings is 1. The van der Waals surface area contributed by atoms with Crippen LogP contribution in [0.15, 0.2) is 47.1 Å². The molecule has 6 nitrogen and oxygen atoms in total. The van der Waals surface area contributed by atoms with Gasteiger partial charge in [-0.05, 0) is 36.5 Å². The normalized spacial score (nSPS) is 21.3. The van der Waals surface area contributed by atoms with Crippen molar-refractivity contribution in [2.24, 2.45) is 11.8 Å². The van der Waals surface area contributed by atoms with Gasteiger partial charge in [0.25, 0.3) is 0 Å². The first kappa shape index (κ1) is 19.3. The predicted molar refractivity (Wildman–Crippen MR) is 113 cm³/mol. The molecule has 4 aromatic rings. The first-order valence-electron chi connectivity index (χ1n) is 10.1. The van der Waals surface area contributed by atoms with E-state index in [0.29, 0.717) is 38.8 Å². The highest BCUT2D eigenvalue weighted by atomic mass is 32.1. The summed E-state index contributed by atoms with van der Waals surface area (Å²) in [4.78, 5) is 7.99. The quantitative estimate of drug-likeness (QED) is 0.499. The molecule has 0 amide bonds. The van der Waals surface area contributed by atoms with Crippen molar-refractivity contribution in [1.82, 2.24) is 19.5 Å². The van der Waals surface area contributed by atoms with E-state index in [2.05, 4.69) is 28.8 Å². The Labute approximate surface area is 177 Å². The summed E-state index contributed by atoms with van der Waals surface area (Å²) >= 11 is 1.34. The Morgan fingerprint density at radius 2 is 1.93 bits per heavy atom. The highest BCUT2D eigenvalue weighted by molar-refractivity contribution is 7.17. The first-order chi connectivity index (χ1) is 14.5. The van der Waals surface area contributed by atoms with Crippen LogP contribution in [0.5, 0.6) is 5.88 Å². The van der Waals surface area contributed by atoms with Crippen LogP contribution in [0.1, 0.15) is 36.8 Å². The third-order valence-electron chi connectivity index (χ3n) is 5.65. The van der Waals surface area contributed by atoms with Crippen LogP contribution in [0.2, 0.25) is 0 Å². The zero-order valence-corrected chi connectivity index (χ0v) is 17.6. The average molecular weight is 427 g/mol. The van der Waals surface area contributed by atoms with Gasteiger partial charge in [0.15, 0.2) is 5.76 Å². The topological polar surface area (TPSA) is 66.8 Å². The van der Waals surface area contributed by atoms with Gasteiger partial charge in [-0.1, -0.05) is 43.4 Å². The molecular formula is C22H23FN4O2S. The molecular weight excluding hydrogens is 403 g/mol. The number of aromatic hydroxyl groups is 1. The molecule has 0 saturated carbocycles. The lowest BCUT2D eigenvalue weighted by molar-refractivity contribution is 0.110. The second kappa shape index (κ2) is 7.52. The van der Waals surface area contributed by atoms with Crippen molar-refractivity contribution in [2.45, 2.75) is 26.3 Å². The molecule has 1 saturated heterocycles. The van der Waals surface area contributed by atoms with Gasteiger partial charge in [0.05, 0.1) is 17.2 Å². The van der Waals surface area contributed by atoms with Crippen LogP contribution in [-0.4, -0.2) is 37.7 Å². The van der Waals surface area contributed by atoms with Crippen molar-refractivity contribution in [3.63, 3.8) is 0 Å². The summed E-state index contributed by atoms with van der Waals surface area (Å²) in [6, 6.07) is 9.95. The smallest absolute Gasteiger partial charge is 0.230 e. The number of hydrogen-bond donors (Lipinski definition) is 1. The lowest BCUT2D eigenvalue weighted by Gasteiger charge is -2.40. The summed E-state index contributed by atoms with van der Waals surface area (Å²) in [5, 5.41) is 15.5. The van der Waals surface area contributed by atoms with Gasteiger partial charge in [-0.3, -0.25) is 4.90 Å². The minimum atomic E-state index is -0.392. The molecule has 1 aromatic carbocycles. The van der Waals surface area contributed by atoms with Gasteiger partial charge in [-0.25, -0.2) is 4.39 Å². The lowest BCUT2D eigenvalue weighted by atomic mass is 9.89. The van der Waals surface area contributed by atoms with E-state index in [-0.39, 0.29) is 11.7 Å². The maximum atomic E-state index is 14.9. The second-order valence-electron chi connectivity index (χ2n) is 8.22. The van der Waals surface area contributed by atoms with Crippen molar-refractivity contribution in [3.05, 3.63) is 58.9 Å². The number of piperidine rings is 1. The maximum absolute atomic E-state index is 14.9. The number of halogens is 1. The van der Waals surface area contributed by atoms with E-state index in [0.717, 1.165) is 19.5 Å². The molecule has 156 valence electrons. The number of aromatic nitrogens is 3. The zero-order valence-electron chi connectivity index (χ0n) is 16.8. The number of nitrogens with zero attached hydrogens (tertiary/aromatic N) is 4. The van der Waals surface area contributed by atoms with Crippen molar-refractivity contribution < 1.29 is 13.9 Å². The van der Waals surface area contributed by atoms with Crippen LogP contribution in [0.25, 0.3) is 16.5 Å². The van der Waals surface area contributed by atoms with E-state index in [4.69, 9.17) is 4.42 Å². The SMILES string of the molecule is C[C@@H]1C[C@H](C)CN([C@H](c2ccccc2F)c2sc3nc(-c4ccco4)nn3c2O)C1. The highest BCUT2D eigenvalue weighted by Gasteiger charge is 2.35. The molecule has 30 heavy (non-hydrogen) atoms. The van der Waals surface area contributed by atoms with Crippen LogP contribution < -0.4 is 0 Å². The van der Waals surface area contributed by atoms with Gasteiger partial charge in [0, 0.05) is 18.7 Å². The predicted octanol–water partition coefficient (Wildman–Crippen LogP) is 4.96. The Balaban J connectivity index is 1.62. The molecule has 0 unspecified atom stereocenters. The first-order valence-corrected chi connectivity index (χ1v) is 10.9. The molecule has 0 spiro atoms. The molecule has 8 heteroatoms. The van der Waals surface area contributed by atoms with Crippen molar-refractivity contribution >= 4 is 16.3 Å². The van der Waals surface area contributed by atoms with Crippen LogP contribution in [-0.2, 0) is 0 Å². The maximum Gasteiger partial charge on any atom is 0.230 e. The summed E-state index contributed by atoms with van der Waals surface area (Å²) < 4.78 is 21.7. The molecule has 0 radical (unpaired) electrons. The van der Waals surface area contributed by atoms with E-state index >= 15 is 0 Å². The molecule has 3 aromatic heterocycles. The Hall–Kier alpha value is -2.71. The number of likely N-dealkylation sites (tertiary alicyclic amines) is 1. The summed E-state index contributed by atoms with van der Waals surface area (Å²) in [5.41, 5.74) is 0.560. The van der Waals surface area contributed by atoms with Crippen LogP contribution in [0, 0.1) is 17.7 Å². The largest absolute Gasteiger partial charge is 0.492 e. The highest BCUT2D eigenvalue weighted by Crippen LogP contribution is 2.43. The van der Waals surface area contributed by atoms with Crippen molar-refractivity contribution in [2.75, 3.05) is 13.1 Å². The Bertz CT molecular complexity index is 1160. The van der Waals surface area contributed by atoms with E-state index in [1.165, 1.54) is 21.9 Å². The van der Waals surface area contributed by atoms with Gasteiger partial charge in [-0.15, -0.1) is 5.10 Å². The van der Waals surface area contributed by atoms with Gasteiger partial charge < -0.3 is 9.52 Å². The van der Waals surface area contributed by atoms with Crippen LogP contribution in [0.4, 0.5) is 4.39 Å². The minimum absolute atomic E-state index is 0.000520. The number of furan rings is 1. The Morgan fingerprint density at radius 3 is 2.60 bits per heavy atom. The molecule has 5 rings (SSSR count). The van der Waals surface area contributed by atoms with Gasteiger partial charge in [0.2, 0.25) is 16.7 Å². The molecule has 1 fully saturated rings. The fraction of sp³-hybridized carbons (Fsp3) is 0.364. The molecule has 4 heterocycles. The second-order valence-corrected chi connectivity index (χ2v) is 9.23. The van der Waals surface area contributed by atoms with Crippen molar-refractivity contribution in [3.8, 4) is 17.5 Å². The minimum Gasteiger partial charge on any atom is -0.492 e. The van der Waals surface area contributed by atoms with Gasteiger partial charge >= 0.3 is 0 Å². The van der Waals surface area contributed by atoms with Crippen LogP contribution in [0.3, 0.4) is 0 Å². The summed E-state index contributed by atoms with van der Waals surface area (Å²) in [5.74, 6) is 1.67. The molecule has 1 aliphatic heterocycles. The lowest BCUT2D eigenvalue weighted by Crippen LogP contribution is -2.41. The van der Waals surface area contributed by atoms with Gasteiger partial charge in [0.1, 0.15) is 5.82 Å². The standard InChI is InChI=1S/C22H23FN4O2S/c1-13-10-14(2)12-26(11-13)18(15-6-3-4-7-16(15)23)19-21(28)27-22(30-19)24-20(25-27)17-8-5-9-29-17/h3-9,13-14,18,28H,10-12H2,1-2H3/t13-,14+,18-/m1/s1. The summed E-state index contributed by atoms with van der Waals surface area (Å²) in [6.45, 7) is 6.13. The average Bonchev–Trinajstić information content (AvgIpc) is 3.42. The van der Waals surface area contributed by atoms with Crippen molar-refractivity contribution in [1.29, 1.82) is 0 Å². The number of hydrogen-bond acceptors (Lipinski definition) is 6. The van der Waals surface area contributed by atoms with E-state index in [1.54, 1.807) is 30.5 Å². The third kappa shape index (κ3) is 3.30. The molecule has 0 aliphatic carbocycles. The summed E-state index contributed by atoms with van der Waals surface area (Å²) in [6.07, 6.45) is 2.71. The summed E-state index contributed by atoms with van der Waals surface area (Å²) in [7, 11) is 0. The van der Waals surface area contributed by atoms with E-state index in [1.807, 2.05) is 6.07 Å². The van der Waals surface area contributed by atoms with E-state index in [9.17, 15) is 9.50 Å². The third-order valence-corrected chi connectivity index (χ3v) is 6.72. The Morgan fingerprint density at radius 1 is 1.17 bits per heavy atom. The molecule has 3 atom stereocenters. The number of rotatable bonds is 4. The Kier molecular flexibility index (Phi) is 4.83. The van der Waals surface area contributed by atoms with Gasteiger partial charge in [-0.2, -0.15) is 9.50 Å². The van der Waals surface area contributed by atoms with E-state index < -0.39 is 6.04 Å². The molecule has 0 bridgehead atoms. The molecule has 1 N–H and O–H groups in total. The fourth-order valence-electron chi connectivity index (χ4n) is 4.56. The monoisotopic (exact) mass is 426 g/mol. The number of fused-ring (bicyclic) bond motifs is 1. The number of thiazole rings is 1. The fourth-order valence-corrected chi connectivity index (χ4v) is 5.67.